The monoisotopic (exact) mass is 166 g/mol. The molecule has 0 rings (SSSR count). The Morgan fingerprint density at radius 1 is 1.50 bits per heavy atom. The third-order valence-electron chi connectivity index (χ3n) is 1.48. The minimum absolute atomic E-state index is 0.466. The van der Waals surface area contributed by atoms with E-state index in [1.165, 1.54) is 0 Å². The zero-order chi connectivity index (χ0) is 9.40. The Bertz CT molecular complexity index is 178. The zero-order valence-electron chi connectivity index (χ0n) is 8.25. The summed E-state index contributed by atoms with van der Waals surface area (Å²) in [5, 5.41) is 0. The molecule has 0 amide bonds. The predicted molar refractivity (Wildman–Crippen MR) is 56.1 cm³/mol. The second kappa shape index (κ2) is 6.77. The van der Waals surface area contributed by atoms with Crippen LogP contribution in [0.25, 0.3) is 0 Å². The van der Waals surface area contributed by atoms with Crippen molar-refractivity contribution in [2.45, 2.75) is 27.2 Å². The smallest absolute Gasteiger partial charge is 0.109 e. The summed E-state index contributed by atoms with van der Waals surface area (Å²) in [7, 11) is 0. The predicted octanol–water partition coefficient (Wildman–Crippen LogP) is 2.71. The summed E-state index contributed by atoms with van der Waals surface area (Å²) < 4.78 is 0. The number of rotatable bonds is 5. The lowest BCUT2D eigenvalue weighted by Crippen LogP contribution is -1.92. The summed E-state index contributed by atoms with van der Waals surface area (Å²) in [4.78, 5) is 8.07. The number of aliphatic imine (C=N–C) groups is 2. The summed E-state index contributed by atoms with van der Waals surface area (Å²) >= 11 is 0. The van der Waals surface area contributed by atoms with Crippen LogP contribution in [-0.4, -0.2) is 19.1 Å². The minimum atomic E-state index is 0.466. The molecule has 0 spiro atoms. The van der Waals surface area contributed by atoms with Crippen molar-refractivity contribution in [1.29, 1.82) is 0 Å². The highest BCUT2D eigenvalue weighted by Crippen LogP contribution is 2.02. The van der Waals surface area contributed by atoms with Gasteiger partial charge in [-0.3, -0.25) is 4.99 Å². The Labute approximate surface area is 75.1 Å². The summed E-state index contributed by atoms with van der Waals surface area (Å²) in [6.45, 7) is 11.0. The lowest BCUT2D eigenvalue weighted by atomic mass is 10.1. The van der Waals surface area contributed by atoms with Crippen LogP contribution in [0.2, 0.25) is 0 Å². The third kappa shape index (κ3) is 5.83. The lowest BCUT2D eigenvalue weighted by Gasteiger charge is -1.99. The third-order valence-corrected chi connectivity index (χ3v) is 1.48. The SMILES string of the molecule is C=C(C=NC=NCCC)C(C)C. The van der Waals surface area contributed by atoms with Crippen LogP contribution in [0, 0.1) is 5.92 Å². The number of allylic oxidation sites excluding steroid dienone is 1. The first-order chi connectivity index (χ1) is 5.68. The normalized spacial score (nSPS) is 12.0. The van der Waals surface area contributed by atoms with Crippen LogP contribution in [0.3, 0.4) is 0 Å². The van der Waals surface area contributed by atoms with Crippen molar-refractivity contribution in [2.24, 2.45) is 15.9 Å². The first kappa shape index (κ1) is 11.1. The van der Waals surface area contributed by atoms with E-state index in [9.17, 15) is 0 Å². The van der Waals surface area contributed by atoms with Crippen LogP contribution in [0.5, 0.6) is 0 Å². The molecule has 0 aromatic carbocycles. The van der Waals surface area contributed by atoms with Crippen LogP contribution in [0.4, 0.5) is 0 Å². The van der Waals surface area contributed by atoms with Crippen molar-refractivity contribution in [1.82, 2.24) is 0 Å². The van der Waals surface area contributed by atoms with Gasteiger partial charge in [-0.05, 0) is 17.9 Å². The van der Waals surface area contributed by atoms with Crippen molar-refractivity contribution in [2.75, 3.05) is 6.54 Å². The lowest BCUT2D eigenvalue weighted by molar-refractivity contribution is 0.810. The van der Waals surface area contributed by atoms with Crippen LogP contribution >= 0.6 is 0 Å². The first-order valence-corrected chi connectivity index (χ1v) is 4.38. The fraction of sp³-hybridized carbons (Fsp3) is 0.600. The first-order valence-electron chi connectivity index (χ1n) is 4.38. The van der Waals surface area contributed by atoms with Gasteiger partial charge in [0.15, 0.2) is 0 Å². The summed E-state index contributed by atoms with van der Waals surface area (Å²) in [5.74, 6) is 0.466. The van der Waals surface area contributed by atoms with Crippen LogP contribution in [0.1, 0.15) is 27.2 Å². The van der Waals surface area contributed by atoms with E-state index in [0.717, 1.165) is 18.5 Å². The maximum absolute atomic E-state index is 4.06. The molecular formula is C10H18N2. The van der Waals surface area contributed by atoms with E-state index in [4.69, 9.17) is 0 Å². The van der Waals surface area contributed by atoms with E-state index in [0.29, 0.717) is 5.92 Å². The maximum atomic E-state index is 4.06. The Morgan fingerprint density at radius 2 is 2.17 bits per heavy atom. The Morgan fingerprint density at radius 3 is 2.67 bits per heavy atom. The zero-order valence-corrected chi connectivity index (χ0v) is 8.25. The second-order valence-electron chi connectivity index (χ2n) is 3.03. The van der Waals surface area contributed by atoms with Crippen molar-refractivity contribution >= 4 is 12.6 Å². The molecule has 0 aliphatic heterocycles. The topological polar surface area (TPSA) is 24.7 Å². The molecule has 0 saturated heterocycles. The molecule has 0 heterocycles. The standard InChI is InChI=1S/C10H18N2/c1-5-6-11-8-12-7-10(4)9(2)3/h7-9H,4-6H2,1-3H3. The molecule has 12 heavy (non-hydrogen) atoms. The summed E-state index contributed by atoms with van der Waals surface area (Å²) in [6, 6.07) is 0. The van der Waals surface area contributed by atoms with Gasteiger partial charge in [0.1, 0.15) is 6.34 Å². The maximum Gasteiger partial charge on any atom is 0.109 e. The van der Waals surface area contributed by atoms with Gasteiger partial charge >= 0.3 is 0 Å². The molecule has 0 unspecified atom stereocenters. The van der Waals surface area contributed by atoms with Gasteiger partial charge in [0.05, 0.1) is 0 Å². The Kier molecular flexibility index (Phi) is 6.25. The largest absolute Gasteiger partial charge is 0.274 e. The number of hydrogen-bond acceptors (Lipinski definition) is 1. The molecule has 0 aromatic rings. The summed E-state index contributed by atoms with van der Waals surface area (Å²) in [5.41, 5.74) is 1.04. The molecule has 0 aromatic heterocycles. The summed E-state index contributed by atoms with van der Waals surface area (Å²) in [6.07, 6.45) is 4.43. The van der Waals surface area contributed by atoms with Crippen molar-refractivity contribution in [3.63, 3.8) is 0 Å². The van der Waals surface area contributed by atoms with E-state index >= 15 is 0 Å². The number of nitrogens with zero attached hydrogens (tertiary/aromatic N) is 2. The van der Waals surface area contributed by atoms with Crippen molar-refractivity contribution < 1.29 is 0 Å². The fourth-order valence-electron chi connectivity index (χ4n) is 0.512. The molecule has 0 aliphatic carbocycles. The van der Waals surface area contributed by atoms with Gasteiger partial charge in [-0.15, -0.1) is 0 Å². The molecule has 2 heteroatoms. The molecule has 0 radical (unpaired) electrons. The molecule has 0 aliphatic rings. The highest BCUT2D eigenvalue weighted by Gasteiger charge is 1.93. The molecule has 68 valence electrons. The van der Waals surface area contributed by atoms with E-state index in [1.54, 1.807) is 12.6 Å². The quantitative estimate of drug-likeness (QED) is 0.443. The van der Waals surface area contributed by atoms with Gasteiger partial charge in [-0.2, -0.15) is 0 Å². The average molecular weight is 166 g/mol. The van der Waals surface area contributed by atoms with E-state index in [1.807, 2.05) is 0 Å². The van der Waals surface area contributed by atoms with Gasteiger partial charge < -0.3 is 0 Å². The molecule has 0 fully saturated rings. The van der Waals surface area contributed by atoms with Crippen LogP contribution in [-0.2, 0) is 0 Å². The molecule has 0 bridgehead atoms. The van der Waals surface area contributed by atoms with E-state index in [-0.39, 0.29) is 0 Å². The molecule has 2 nitrogen and oxygen atoms in total. The van der Waals surface area contributed by atoms with E-state index < -0.39 is 0 Å². The van der Waals surface area contributed by atoms with Gasteiger partial charge in [-0.1, -0.05) is 27.4 Å². The van der Waals surface area contributed by atoms with Crippen molar-refractivity contribution in [3.05, 3.63) is 12.2 Å². The van der Waals surface area contributed by atoms with Crippen molar-refractivity contribution in [3.8, 4) is 0 Å². The van der Waals surface area contributed by atoms with E-state index in [2.05, 4.69) is 37.3 Å². The highest BCUT2D eigenvalue weighted by atomic mass is 14.8. The van der Waals surface area contributed by atoms with Gasteiger partial charge in [-0.25, -0.2) is 4.99 Å². The average Bonchev–Trinajstić information content (AvgIpc) is 2.03. The van der Waals surface area contributed by atoms with Gasteiger partial charge in [0.25, 0.3) is 0 Å². The van der Waals surface area contributed by atoms with Gasteiger partial charge in [0, 0.05) is 12.8 Å². The van der Waals surface area contributed by atoms with Crippen LogP contribution < -0.4 is 0 Å². The number of hydrogen-bond donors (Lipinski definition) is 0. The molecule has 0 N–H and O–H groups in total. The fourth-order valence-corrected chi connectivity index (χ4v) is 0.512. The molecular weight excluding hydrogens is 148 g/mol. The Hall–Kier alpha value is -0.920. The molecule has 0 atom stereocenters. The van der Waals surface area contributed by atoms with Crippen LogP contribution in [0.15, 0.2) is 22.1 Å². The second-order valence-corrected chi connectivity index (χ2v) is 3.03. The highest BCUT2D eigenvalue weighted by molar-refractivity contribution is 5.84. The van der Waals surface area contributed by atoms with Gasteiger partial charge in [0.2, 0.25) is 0 Å². The molecule has 0 saturated carbocycles. The Balaban J connectivity index is 3.68. The minimum Gasteiger partial charge on any atom is -0.274 e.